The topological polar surface area (TPSA) is 315 Å². The monoisotopic (exact) mass is 612 g/mol. The van der Waals surface area contributed by atoms with Crippen LogP contribution < -0.4 is 22.5 Å². The second-order valence-electron chi connectivity index (χ2n) is 11.0. The first-order valence-corrected chi connectivity index (χ1v) is 13.4. The predicted octanol–water partition coefficient (Wildman–Crippen LogP) is -7.22. The van der Waals surface area contributed by atoms with Gasteiger partial charge < -0.3 is 87.1 Å². The summed E-state index contributed by atoms with van der Waals surface area (Å²) in [7, 11) is 0. The standard InChI is InChI=1S/C24H44N4O14/c1-7(2)28-20(36)8(3)24(6-31)19(35)16(34)13(27)23(42-24)41-18-10(5-30)39-22(12(26)15(18)33)40-17-9(4-29)38-21(37)11(25)14(17)32/h7,9-19,21-23,29-35,37H,3-6,25-27H2,1-2H3,(H,28,36)/t9-,10-,11-,12-,13-,14-,15-,16-,17?,18?,19+,21-,22+,23+,24+/m1/s1. The van der Waals surface area contributed by atoms with Gasteiger partial charge in [-0.15, -0.1) is 0 Å². The van der Waals surface area contributed by atoms with Crippen molar-refractivity contribution in [2.24, 2.45) is 17.2 Å². The molecule has 18 nitrogen and oxygen atoms in total. The van der Waals surface area contributed by atoms with E-state index in [2.05, 4.69) is 11.9 Å². The summed E-state index contributed by atoms with van der Waals surface area (Å²) in [5.74, 6) is -0.793. The first-order valence-electron chi connectivity index (χ1n) is 13.4. The molecule has 15 N–H and O–H groups in total. The third-order valence-corrected chi connectivity index (χ3v) is 7.68. The molecule has 0 radical (unpaired) electrons. The highest BCUT2D eigenvalue weighted by Crippen LogP contribution is 2.37. The van der Waals surface area contributed by atoms with Gasteiger partial charge in [0.15, 0.2) is 24.5 Å². The Labute approximate surface area is 241 Å². The third-order valence-electron chi connectivity index (χ3n) is 7.68. The van der Waals surface area contributed by atoms with Gasteiger partial charge in [0.1, 0.15) is 48.8 Å². The normalized spacial score (nSPS) is 46.4. The van der Waals surface area contributed by atoms with Gasteiger partial charge in [-0.2, -0.15) is 0 Å². The number of carbonyl (C=O) groups is 1. The van der Waals surface area contributed by atoms with Crippen LogP contribution in [0.15, 0.2) is 12.2 Å². The largest absolute Gasteiger partial charge is 0.394 e. The van der Waals surface area contributed by atoms with Crippen molar-refractivity contribution in [2.75, 3.05) is 19.8 Å². The number of hydrogen-bond acceptors (Lipinski definition) is 17. The summed E-state index contributed by atoms with van der Waals surface area (Å²) < 4.78 is 28.1. The number of aliphatic hydroxyl groups is 8. The second kappa shape index (κ2) is 14.1. The smallest absolute Gasteiger partial charge is 0.249 e. The Kier molecular flexibility index (Phi) is 11.8. The van der Waals surface area contributed by atoms with E-state index in [-0.39, 0.29) is 6.04 Å². The Morgan fingerprint density at radius 2 is 1.36 bits per heavy atom. The Bertz CT molecular complexity index is 930. The molecule has 3 heterocycles. The number of nitrogens with one attached hydrogen (secondary N) is 1. The van der Waals surface area contributed by atoms with Crippen LogP contribution in [0.25, 0.3) is 0 Å². The van der Waals surface area contributed by atoms with E-state index in [1.807, 2.05) is 0 Å². The minimum Gasteiger partial charge on any atom is -0.394 e. The number of carbonyl (C=O) groups excluding carboxylic acids is 1. The van der Waals surface area contributed by atoms with Crippen LogP contribution in [0.2, 0.25) is 0 Å². The van der Waals surface area contributed by atoms with E-state index in [0.717, 1.165) is 0 Å². The molecule has 0 bridgehead atoms. The predicted molar refractivity (Wildman–Crippen MR) is 139 cm³/mol. The lowest BCUT2D eigenvalue weighted by Crippen LogP contribution is -2.72. The van der Waals surface area contributed by atoms with Gasteiger partial charge in [-0.3, -0.25) is 4.79 Å². The molecule has 3 saturated heterocycles. The summed E-state index contributed by atoms with van der Waals surface area (Å²) in [4.78, 5) is 12.7. The molecule has 0 aromatic carbocycles. The van der Waals surface area contributed by atoms with Gasteiger partial charge in [-0.05, 0) is 13.8 Å². The quantitative estimate of drug-likeness (QED) is 0.102. The molecule has 15 atom stereocenters. The van der Waals surface area contributed by atoms with Crippen LogP contribution in [-0.2, 0) is 28.5 Å². The number of amides is 1. The molecule has 18 heteroatoms. The van der Waals surface area contributed by atoms with Crippen molar-refractivity contribution in [3.8, 4) is 0 Å². The zero-order chi connectivity index (χ0) is 31.7. The molecule has 0 aromatic heterocycles. The summed E-state index contributed by atoms with van der Waals surface area (Å²) >= 11 is 0. The molecule has 0 saturated carbocycles. The van der Waals surface area contributed by atoms with E-state index < -0.39 is 123 Å². The number of hydrogen-bond donors (Lipinski definition) is 12. The van der Waals surface area contributed by atoms with Gasteiger partial charge in [-0.1, -0.05) is 6.58 Å². The van der Waals surface area contributed by atoms with E-state index in [0.29, 0.717) is 0 Å². The zero-order valence-corrected chi connectivity index (χ0v) is 23.2. The van der Waals surface area contributed by atoms with Crippen LogP contribution in [0.4, 0.5) is 0 Å². The van der Waals surface area contributed by atoms with Gasteiger partial charge in [0.05, 0.1) is 37.9 Å². The van der Waals surface area contributed by atoms with Crippen molar-refractivity contribution < 1.29 is 69.3 Å². The summed E-state index contributed by atoms with van der Waals surface area (Å²) in [5, 5.41) is 85.3. The lowest BCUT2D eigenvalue weighted by molar-refractivity contribution is -0.356. The van der Waals surface area contributed by atoms with E-state index in [9.17, 15) is 45.6 Å². The first kappa shape index (κ1) is 35.1. The van der Waals surface area contributed by atoms with Gasteiger partial charge >= 0.3 is 0 Å². The summed E-state index contributed by atoms with van der Waals surface area (Å²) in [5.41, 5.74) is 15.2. The fourth-order valence-electron chi connectivity index (χ4n) is 5.10. The van der Waals surface area contributed by atoms with Crippen LogP contribution >= 0.6 is 0 Å². The van der Waals surface area contributed by atoms with Gasteiger partial charge in [0, 0.05) is 11.6 Å². The Hall–Kier alpha value is -1.43. The molecule has 1 amide bonds. The maximum absolute atomic E-state index is 12.7. The van der Waals surface area contributed by atoms with E-state index in [1.54, 1.807) is 13.8 Å². The number of ether oxygens (including phenoxy) is 5. The molecule has 42 heavy (non-hydrogen) atoms. The van der Waals surface area contributed by atoms with Gasteiger partial charge in [0.25, 0.3) is 0 Å². The van der Waals surface area contributed by atoms with E-state index in [1.165, 1.54) is 0 Å². The molecule has 3 aliphatic rings. The van der Waals surface area contributed by atoms with Crippen LogP contribution in [0.5, 0.6) is 0 Å². The fourth-order valence-corrected chi connectivity index (χ4v) is 5.10. The van der Waals surface area contributed by atoms with Crippen molar-refractivity contribution in [3.05, 3.63) is 12.2 Å². The van der Waals surface area contributed by atoms with E-state index in [4.69, 9.17) is 40.9 Å². The molecule has 3 fully saturated rings. The van der Waals surface area contributed by atoms with Gasteiger partial charge in [-0.25, -0.2) is 0 Å². The Morgan fingerprint density at radius 1 is 0.857 bits per heavy atom. The molecular formula is C24H44N4O14. The second-order valence-corrected chi connectivity index (χ2v) is 11.0. The molecular weight excluding hydrogens is 568 g/mol. The Balaban J connectivity index is 1.81. The van der Waals surface area contributed by atoms with Crippen molar-refractivity contribution in [2.45, 2.75) is 111 Å². The number of rotatable bonds is 10. The number of aliphatic hydroxyl groups excluding tert-OH is 8. The molecule has 3 rings (SSSR count). The summed E-state index contributed by atoms with van der Waals surface area (Å²) in [6.07, 6.45) is -17.3. The lowest BCUT2D eigenvalue weighted by atomic mass is 9.80. The minimum atomic E-state index is -2.28. The first-order chi connectivity index (χ1) is 19.6. The highest BCUT2D eigenvalue weighted by molar-refractivity contribution is 5.95. The zero-order valence-electron chi connectivity index (χ0n) is 23.2. The number of nitrogens with two attached hydrogens (primary N) is 3. The van der Waals surface area contributed by atoms with Crippen LogP contribution in [0, 0.1) is 0 Å². The summed E-state index contributed by atoms with van der Waals surface area (Å²) in [6.45, 7) is 4.44. The lowest BCUT2D eigenvalue weighted by Gasteiger charge is -2.51. The maximum atomic E-state index is 12.7. The van der Waals surface area contributed by atoms with Crippen LogP contribution in [0.3, 0.4) is 0 Å². The average molecular weight is 613 g/mol. The molecule has 244 valence electrons. The van der Waals surface area contributed by atoms with Gasteiger partial charge in [0.2, 0.25) is 5.91 Å². The van der Waals surface area contributed by atoms with Crippen molar-refractivity contribution in [1.82, 2.24) is 5.32 Å². The van der Waals surface area contributed by atoms with E-state index >= 15 is 0 Å². The minimum absolute atomic E-state index is 0.351. The van der Waals surface area contributed by atoms with Crippen molar-refractivity contribution in [1.29, 1.82) is 0 Å². The molecule has 0 spiro atoms. The third kappa shape index (κ3) is 6.64. The van der Waals surface area contributed by atoms with Crippen LogP contribution in [0.1, 0.15) is 13.8 Å². The maximum Gasteiger partial charge on any atom is 0.249 e. The fraction of sp³-hybridized carbons (Fsp3) is 0.875. The Morgan fingerprint density at radius 3 is 1.88 bits per heavy atom. The molecule has 0 aliphatic carbocycles. The molecule has 2 unspecified atom stereocenters. The van der Waals surface area contributed by atoms with Crippen LogP contribution in [-0.4, -0.2) is 164 Å². The van der Waals surface area contributed by atoms with Crippen molar-refractivity contribution >= 4 is 5.91 Å². The SMILES string of the molecule is C=C(C(=O)NC(C)C)[C@]1(CO)O[C@H](OC2[C@@H](CO)O[C@@H](OC3[C@@H](CO)O[C@@H](O)[C@H](N)[C@H]3O)[C@H](N)[C@H]2O)[C@H](N)[C@@H](O)[C@@H]1O. The van der Waals surface area contributed by atoms with Crippen molar-refractivity contribution in [3.63, 3.8) is 0 Å². The highest BCUT2D eigenvalue weighted by Gasteiger charge is 2.58. The average Bonchev–Trinajstić information content (AvgIpc) is 2.96. The summed E-state index contributed by atoms with van der Waals surface area (Å²) in [6, 6.07) is -4.60. The molecule has 0 aromatic rings. The molecule has 3 aliphatic heterocycles. The highest BCUT2D eigenvalue weighted by atomic mass is 16.7.